The van der Waals surface area contributed by atoms with Crippen LogP contribution in [0.15, 0.2) is 18.2 Å². The van der Waals surface area contributed by atoms with Gasteiger partial charge in [-0.1, -0.05) is 13.8 Å². The molecular weight excluding hydrogens is 232 g/mol. The standard InChI is InChI=1S/C14H20O2S/c1-10(2)8-17-9-14(15)13-6-5-12(16-4)7-11(13)3/h5-7,10H,8-9H2,1-4H3. The SMILES string of the molecule is COc1ccc(C(=O)CSCC(C)C)c(C)c1. The van der Waals surface area contributed by atoms with Crippen molar-refractivity contribution in [3.05, 3.63) is 29.3 Å². The number of thioether (sulfide) groups is 1. The van der Waals surface area contributed by atoms with Gasteiger partial charge in [0.2, 0.25) is 0 Å². The predicted molar refractivity (Wildman–Crippen MR) is 74.2 cm³/mol. The lowest BCUT2D eigenvalue weighted by Crippen LogP contribution is -2.06. The van der Waals surface area contributed by atoms with Crippen LogP contribution in [0.3, 0.4) is 0 Å². The number of Topliss-reactive ketones (excluding diaryl/α,β-unsaturated/α-hetero) is 1. The van der Waals surface area contributed by atoms with Crippen LogP contribution in [0.5, 0.6) is 5.75 Å². The van der Waals surface area contributed by atoms with Gasteiger partial charge in [0.15, 0.2) is 5.78 Å². The van der Waals surface area contributed by atoms with Gasteiger partial charge in [-0.15, -0.1) is 0 Å². The number of aryl methyl sites for hydroxylation is 1. The number of methoxy groups -OCH3 is 1. The number of ketones is 1. The molecule has 0 aliphatic rings. The molecule has 1 rings (SSSR count). The highest BCUT2D eigenvalue weighted by atomic mass is 32.2. The molecule has 0 bridgehead atoms. The van der Waals surface area contributed by atoms with Crippen molar-refractivity contribution in [2.75, 3.05) is 18.6 Å². The molecule has 0 aliphatic heterocycles. The highest BCUT2D eigenvalue weighted by molar-refractivity contribution is 7.99. The Kier molecular flexibility index (Phi) is 5.56. The number of benzene rings is 1. The molecule has 17 heavy (non-hydrogen) atoms. The van der Waals surface area contributed by atoms with E-state index in [-0.39, 0.29) is 5.78 Å². The fourth-order valence-electron chi connectivity index (χ4n) is 1.54. The molecule has 0 atom stereocenters. The second-order valence-corrected chi connectivity index (χ2v) is 5.54. The number of ether oxygens (including phenoxy) is 1. The molecule has 0 heterocycles. The van der Waals surface area contributed by atoms with E-state index in [1.54, 1.807) is 18.9 Å². The van der Waals surface area contributed by atoms with Crippen LogP contribution in [-0.4, -0.2) is 24.4 Å². The molecule has 0 aliphatic carbocycles. The smallest absolute Gasteiger partial charge is 0.172 e. The number of hydrogen-bond donors (Lipinski definition) is 0. The number of carbonyl (C=O) groups is 1. The first-order valence-corrected chi connectivity index (χ1v) is 6.95. The molecule has 0 saturated heterocycles. The van der Waals surface area contributed by atoms with Crippen molar-refractivity contribution in [1.82, 2.24) is 0 Å². The minimum Gasteiger partial charge on any atom is -0.497 e. The Morgan fingerprint density at radius 3 is 2.65 bits per heavy atom. The molecule has 3 heteroatoms. The van der Waals surface area contributed by atoms with Crippen LogP contribution in [-0.2, 0) is 0 Å². The van der Waals surface area contributed by atoms with Crippen molar-refractivity contribution >= 4 is 17.5 Å². The summed E-state index contributed by atoms with van der Waals surface area (Å²) in [5, 5.41) is 0. The fraction of sp³-hybridized carbons (Fsp3) is 0.500. The first kappa shape index (κ1) is 14.1. The molecule has 94 valence electrons. The molecule has 0 fully saturated rings. The largest absolute Gasteiger partial charge is 0.497 e. The first-order valence-electron chi connectivity index (χ1n) is 5.80. The summed E-state index contributed by atoms with van der Waals surface area (Å²) >= 11 is 1.70. The fourth-order valence-corrected chi connectivity index (χ4v) is 2.47. The summed E-state index contributed by atoms with van der Waals surface area (Å²) in [6.45, 7) is 6.27. The highest BCUT2D eigenvalue weighted by Gasteiger charge is 2.10. The summed E-state index contributed by atoms with van der Waals surface area (Å²) in [4.78, 5) is 12.0. The Balaban J connectivity index is 2.63. The molecule has 1 aromatic carbocycles. The number of hydrogen-bond acceptors (Lipinski definition) is 3. The molecule has 0 N–H and O–H groups in total. The third-order valence-corrected chi connectivity index (χ3v) is 3.79. The zero-order valence-electron chi connectivity index (χ0n) is 10.9. The molecule has 0 aromatic heterocycles. The summed E-state index contributed by atoms with van der Waals surface area (Å²) in [5.74, 6) is 3.22. The van der Waals surface area contributed by atoms with Crippen LogP contribution in [0.1, 0.15) is 29.8 Å². The first-order chi connectivity index (χ1) is 8.04. The van der Waals surface area contributed by atoms with Gasteiger partial charge in [0.25, 0.3) is 0 Å². The Hall–Kier alpha value is -0.960. The van der Waals surface area contributed by atoms with E-state index in [1.807, 2.05) is 25.1 Å². The molecule has 0 radical (unpaired) electrons. The summed E-state index contributed by atoms with van der Waals surface area (Å²) in [5.41, 5.74) is 1.79. The maximum Gasteiger partial charge on any atom is 0.172 e. The van der Waals surface area contributed by atoms with E-state index in [9.17, 15) is 4.79 Å². The van der Waals surface area contributed by atoms with Gasteiger partial charge in [-0.3, -0.25) is 4.79 Å². The molecule has 0 spiro atoms. The normalized spacial score (nSPS) is 10.6. The van der Waals surface area contributed by atoms with E-state index in [0.29, 0.717) is 11.7 Å². The van der Waals surface area contributed by atoms with Crippen molar-refractivity contribution in [2.45, 2.75) is 20.8 Å². The third kappa shape index (κ3) is 4.43. The molecular formula is C14H20O2S. The highest BCUT2D eigenvalue weighted by Crippen LogP contribution is 2.19. The van der Waals surface area contributed by atoms with Crippen LogP contribution in [0.4, 0.5) is 0 Å². The van der Waals surface area contributed by atoms with Crippen molar-refractivity contribution < 1.29 is 9.53 Å². The van der Waals surface area contributed by atoms with Gasteiger partial charge in [0, 0.05) is 5.56 Å². The van der Waals surface area contributed by atoms with Crippen LogP contribution >= 0.6 is 11.8 Å². The quantitative estimate of drug-likeness (QED) is 0.724. The van der Waals surface area contributed by atoms with Gasteiger partial charge in [-0.05, 0) is 42.4 Å². The molecule has 0 saturated carbocycles. The van der Waals surface area contributed by atoms with Gasteiger partial charge in [0.1, 0.15) is 5.75 Å². The number of carbonyl (C=O) groups excluding carboxylic acids is 1. The van der Waals surface area contributed by atoms with Crippen molar-refractivity contribution in [2.24, 2.45) is 5.92 Å². The Bertz CT molecular complexity index is 386. The molecule has 0 unspecified atom stereocenters. The minimum absolute atomic E-state index is 0.204. The van der Waals surface area contributed by atoms with Crippen molar-refractivity contribution in [3.8, 4) is 5.75 Å². The zero-order chi connectivity index (χ0) is 12.8. The monoisotopic (exact) mass is 252 g/mol. The Labute approximate surface area is 108 Å². The van der Waals surface area contributed by atoms with Crippen molar-refractivity contribution in [3.63, 3.8) is 0 Å². The second kappa shape index (κ2) is 6.70. The third-order valence-electron chi connectivity index (χ3n) is 2.42. The van der Waals surface area contributed by atoms with E-state index in [0.717, 1.165) is 22.6 Å². The summed E-state index contributed by atoms with van der Waals surface area (Å²) in [6.07, 6.45) is 0. The summed E-state index contributed by atoms with van der Waals surface area (Å²) < 4.78 is 5.13. The van der Waals surface area contributed by atoms with Gasteiger partial charge < -0.3 is 4.74 Å². The van der Waals surface area contributed by atoms with E-state index in [4.69, 9.17) is 4.74 Å². The minimum atomic E-state index is 0.204. The van der Waals surface area contributed by atoms with Gasteiger partial charge in [-0.2, -0.15) is 11.8 Å². The van der Waals surface area contributed by atoms with Crippen LogP contribution in [0.25, 0.3) is 0 Å². The maximum atomic E-state index is 12.0. The van der Waals surface area contributed by atoms with E-state index >= 15 is 0 Å². The average molecular weight is 252 g/mol. The summed E-state index contributed by atoms with van der Waals surface area (Å²) in [6, 6.07) is 5.60. The van der Waals surface area contributed by atoms with E-state index in [2.05, 4.69) is 13.8 Å². The lowest BCUT2D eigenvalue weighted by Gasteiger charge is -2.08. The molecule has 1 aromatic rings. The van der Waals surface area contributed by atoms with E-state index < -0.39 is 0 Å². The molecule has 0 amide bonds. The van der Waals surface area contributed by atoms with Crippen LogP contribution in [0.2, 0.25) is 0 Å². The summed E-state index contributed by atoms with van der Waals surface area (Å²) in [7, 11) is 1.63. The van der Waals surface area contributed by atoms with E-state index in [1.165, 1.54) is 0 Å². The number of rotatable bonds is 6. The maximum absolute atomic E-state index is 12.0. The average Bonchev–Trinajstić information content (AvgIpc) is 2.28. The van der Waals surface area contributed by atoms with Crippen LogP contribution < -0.4 is 4.74 Å². The van der Waals surface area contributed by atoms with Gasteiger partial charge in [0.05, 0.1) is 12.9 Å². The zero-order valence-corrected chi connectivity index (χ0v) is 11.8. The van der Waals surface area contributed by atoms with Gasteiger partial charge >= 0.3 is 0 Å². The van der Waals surface area contributed by atoms with Gasteiger partial charge in [-0.25, -0.2) is 0 Å². The second-order valence-electron chi connectivity index (χ2n) is 4.51. The predicted octanol–water partition coefficient (Wildman–Crippen LogP) is 3.58. The topological polar surface area (TPSA) is 26.3 Å². The van der Waals surface area contributed by atoms with Crippen molar-refractivity contribution in [1.29, 1.82) is 0 Å². The van der Waals surface area contributed by atoms with Crippen LogP contribution in [0, 0.1) is 12.8 Å². The lowest BCUT2D eigenvalue weighted by molar-refractivity contribution is 0.102. The molecule has 2 nitrogen and oxygen atoms in total. The Morgan fingerprint density at radius 2 is 2.12 bits per heavy atom. The lowest BCUT2D eigenvalue weighted by atomic mass is 10.1. The Morgan fingerprint density at radius 1 is 1.41 bits per heavy atom.